The van der Waals surface area contributed by atoms with Gasteiger partial charge in [-0.2, -0.15) is 0 Å². The van der Waals surface area contributed by atoms with Gasteiger partial charge in [0.05, 0.1) is 0 Å². The maximum atomic E-state index is 4.32. The van der Waals surface area contributed by atoms with Gasteiger partial charge in [0.2, 0.25) is 0 Å². The molecule has 0 N–H and O–H groups in total. The lowest BCUT2D eigenvalue weighted by Crippen LogP contribution is -1.89. The molecule has 2 heterocycles. The highest BCUT2D eigenvalue weighted by molar-refractivity contribution is 7.99. The first-order valence-corrected chi connectivity index (χ1v) is 7.85. The van der Waals surface area contributed by atoms with E-state index >= 15 is 0 Å². The second kappa shape index (κ2) is 5.66. The molecule has 0 spiro atoms. The lowest BCUT2D eigenvalue weighted by atomic mass is 10.2. The quantitative estimate of drug-likeness (QED) is 0.556. The number of hydrogen-bond donors (Lipinski definition) is 0. The first-order chi connectivity index (χ1) is 10.9. The summed E-state index contributed by atoms with van der Waals surface area (Å²) < 4.78 is 2.04. The molecule has 4 aromatic rings. The first kappa shape index (κ1) is 13.1. The fourth-order valence-corrected chi connectivity index (χ4v) is 3.20. The summed E-state index contributed by atoms with van der Waals surface area (Å²) in [6, 6.07) is 24.6. The minimum atomic E-state index is 0.858. The standard InChI is InChI=1S/C18H13N3S/c1-3-7-14(8-4-1)18-20-19-17-12-11-16(13-21(17)18)22-15-9-5-2-6-10-15/h1-13H. The minimum Gasteiger partial charge on any atom is -0.281 e. The molecule has 0 fully saturated rings. The Labute approximate surface area is 132 Å². The van der Waals surface area contributed by atoms with Gasteiger partial charge in [-0.25, -0.2) is 0 Å². The van der Waals surface area contributed by atoms with Crippen LogP contribution in [0.15, 0.2) is 88.8 Å². The summed E-state index contributed by atoms with van der Waals surface area (Å²) in [5.41, 5.74) is 1.92. The van der Waals surface area contributed by atoms with Crippen molar-refractivity contribution in [1.29, 1.82) is 0 Å². The van der Waals surface area contributed by atoms with E-state index in [0.29, 0.717) is 0 Å². The van der Waals surface area contributed by atoms with Gasteiger partial charge in [0.15, 0.2) is 11.5 Å². The molecule has 0 saturated carbocycles. The van der Waals surface area contributed by atoms with E-state index in [0.717, 1.165) is 21.9 Å². The topological polar surface area (TPSA) is 30.2 Å². The molecule has 0 aliphatic rings. The van der Waals surface area contributed by atoms with Gasteiger partial charge in [0.1, 0.15) is 0 Å². The third-order valence-electron chi connectivity index (χ3n) is 3.39. The number of fused-ring (bicyclic) bond motifs is 1. The molecular weight excluding hydrogens is 290 g/mol. The molecule has 0 aliphatic carbocycles. The molecule has 2 aromatic heterocycles. The highest BCUT2D eigenvalue weighted by Crippen LogP contribution is 2.28. The van der Waals surface area contributed by atoms with Crippen LogP contribution in [0.4, 0.5) is 0 Å². The van der Waals surface area contributed by atoms with E-state index in [1.807, 2.05) is 46.9 Å². The molecule has 3 nitrogen and oxygen atoms in total. The van der Waals surface area contributed by atoms with E-state index in [-0.39, 0.29) is 0 Å². The van der Waals surface area contributed by atoms with Crippen LogP contribution >= 0.6 is 11.8 Å². The Morgan fingerprint density at radius 3 is 2.18 bits per heavy atom. The van der Waals surface area contributed by atoms with Crippen LogP contribution in [-0.4, -0.2) is 14.6 Å². The van der Waals surface area contributed by atoms with Crippen LogP contribution in [0.5, 0.6) is 0 Å². The van der Waals surface area contributed by atoms with Crippen molar-refractivity contribution in [2.45, 2.75) is 9.79 Å². The van der Waals surface area contributed by atoms with Crippen LogP contribution in [0.1, 0.15) is 0 Å². The van der Waals surface area contributed by atoms with E-state index in [1.54, 1.807) is 11.8 Å². The predicted octanol–water partition coefficient (Wildman–Crippen LogP) is 4.55. The number of hydrogen-bond acceptors (Lipinski definition) is 3. The largest absolute Gasteiger partial charge is 0.281 e. The Morgan fingerprint density at radius 2 is 1.41 bits per heavy atom. The fourth-order valence-electron chi connectivity index (χ4n) is 2.34. The normalized spacial score (nSPS) is 10.9. The Morgan fingerprint density at radius 1 is 0.682 bits per heavy atom. The van der Waals surface area contributed by atoms with Gasteiger partial charge in [-0.1, -0.05) is 60.3 Å². The molecule has 4 heteroatoms. The number of benzene rings is 2. The number of rotatable bonds is 3. The van der Waals surface area contributed by atoms with Gasteiger partial charge in [-0.15, -0.1) is 10.2 Å². The van der Waals surface area contributed by atoms with Crippen LogP contribution < -0.4 is 0 Å². The lowest BCUT2D eigenvalue weighted by molar-refractivity contribution is 1.10. The molecule has 2 aromatic carbocycles. The van der Waals surface area contributed by atoms with E-state index in [9.17, 15) is 0 Å². The zero-order valence-corrected chi connectivity index (χ0v) is 12.6. The molecule has 0 saturated heterocycles. The zero-order valence-electron chi connectivity index (χ0n) is 11.8. The minimum absolute atomic E-state index is 0.858. The van der Waals surface area contributed by atoms with Gasteiger partial charge in [0.25, 0.3) is 0 Å². The molecule has 106 valence electrons. The van der Waals surface area contributed by atoms with Crippen molar-refractivity contribution in [2.75, 3.05) is 0 Å². The summed E-state index contributed by atoms with van der Waals surface area (Å²) >= 11 is 1.73. The van der Waals surface area contributed by atoms with E-state index in [4.69, 9.17) is 0 Å². The average molecular weight is 303 g/mol. The van der Waals surface area contributed by atoms with Crippen molar-refractivity contribution in [1.82, 2.24) is 14.6 Å². The van der Waals surface area contributed by atoms with Gasteiger partial charge in [-0.05, 0) is 24.3 Å². The van der Waals surface area contributed by atoms with E-state index < -0.39 is 0 Å². The summed E-state index contributed by atoms with van der Waals surface area (Å²) in [6.45, 7) is 0. The molecule has 0 atom stereocenters. The molecule has 22 heavy (non-hydrogen) atoms. The smallest absolute Gasteiger partial charge is 0.168 e. The van der Waals surface area contributed by atoms with Crippen LogP contribution in [0.25, 0.3) is 17.0 Å². The van der Waals surface area contributed by atoms with Crippen molar-refractivity contribution >= 4 is 17.4 Å². The monoisotopic (exact) mass is 303 g/mol. The Bertz CT molecular complexity index is 901. The van der Waals surface area contributed by atoms with Crippen LogP contribution in [0.2, 0.25) is 0 Å². The van der Waals surface area contributed by atoms with Crippen LogP contribution in [-0.2, 0) is 0 Å². The maximum absolute atomic E-state index is 4.32. The average Bonchev–Trinajstić information content (AvgIpc) is 3.00. The van der Waals surface area contributed by atoms with Crippen LogP contribution in [0, 0.1) is 0 Å². The molecule has 0 aliphatic heterocycles. The predicted molar refractivity (Wildman–Crippen MR) is 89.0 cm³/mol. The SMILES string of the molecule is c1ccc(Sc2ccc3nnc(-c4ccccc4)n3c2)cc1. The third kappa shape index (κ3) is 2.49. The number of pyridine rings is 1. The second-order valence-corrected chi connectivity index (χ2v) is 6.04. The van der Waals surface area contributed by atoms with Gasteiger partial charge >= 0.3 is 0 Å². The maximum Gasteiger partial charge on any atom is 0.168 e. The van der Waals surface area contributed by atoms with E-state index in [2.05, 4.69) is 46.7 Å². The molecule has 4 rings (SSSR count). The third-order valence-corrected chi connectivity index (χ3v) is 4.37. The van der Waals surface area contributed by atoms with Gasteiger partial charge in [-0.3, -0.25) is 4.40 Å². The second-order valence-electron chi connectivity index (χ2n) is 4.90. The highest BCUT2D eigenvalue weighted by Gasteiger charge is 2.08. The van der Waals surface area contributed by atoms with Crippen molar-refractivity contribution in [3.05, 3.63) is 79.0 Å². The molecule has 0 amide bonds. The van der Waals surface area contributed by atoms with E-state index in [1.165, 1.54) is 4.90 Å². The summed E-state index contributed by atoms with van der Waals surface area (Å²) in [4.78, 5) is 2.38. The summed E-state index contributed by atoms with van der Waals surface area (Å²) in [5, 5.41) is 8.56. The van der Waals surface area contributed by atoms with Crippen LogP contribution in [0.3, 0.4) is 0 Å². The van der Waals surface area contributed by atoms with Crippen molar-refractivity contribution in [3.8, 4) is 11.4 Å². The Kier molecular flexibility index (Phi) is 3.37. The number of nitrogens with zero attached hydrogens (tertiary/aromatic N) is 3. The first-order valence-electron chi connectivity index (χ1n) is 7.03. The van der Waals surface area contributed by atoms with Crippen molar-refractivity contribution < 1.29 is 0 Å². The van der Waals surface area contributed by atoms with Gasteiger partial charge in [0, 0.05) is 21.6 Å². The Balaban J connectivity index is 1.77. The molecular formula is C18H13N3S. The molecule has 0 radical (unpaired) electrons. The van der Waals surface area contributed by atoms with Crippen molar-refractivity contribution in [2.24, 2.45) is 0 Å². The molecule has 0 bridgehead atoms. The summed E-state index contributed by atoms with van der Waals surface area (Å²) in [6.07, 6.45) is 2.09. The summed E-state index contributed by atoms with van der Waals surface area (Å²) in [7, 11) is 0. The fraction of sp³-hybridized carbons (Fsp3) is 0. The Hall–Kier alpha value is -2.59. The number of aromatic nitrogens is 3. The van der Waals surface area contributed by atoms with Gasteiger partial charge < -0.3 is 0 Å². The molecule has 0 unspecified atom stereocenters. The lowest BCUT2D eigenvalue weighted by Gasteiger charge is -2.04. The highest BCUT2D eigenvalue weighted by atomic mass is 32.2. The van der Waals surface area contributed by atoms with Crippen molar-refractivity contribution in [3.63, 3.8) is 0 Å². The zero-order chi connectivity index (χ0) is 14.8. The summed E-state index contributed by atoms with van der Waals surface area (Å²) in [5.74, 6) is 0.867.